The van der Waals surface area contributed by atoms with E-state index >= 15 is 0 Å². The lowest BCUT2D eigenvalue weighted by Crippen LogP contribution is -1.79. The standard InChI is InChI=1S/C11H10ClNS/c1-7-3-4-9(5-10(7)12)11-13-8(2)6-14-11/h3-6H,1-2H3. The van der Waals surface area contributed by atoms with Crippen LogP contribution in [0.15, 0.2) is 23.6 Å². The molecule has 0 N–H and O–H groups in total. The van der Waals surface area contributed by atoms with Crippen molar-refractivity contribution >= 4 is 22.9 Å². The molecule has 14 heavy (non-hydrogen) atoms. The first-order chi connectivity index (χ1) is 6.66. The number of thiazole rings is 1. The molecule has 0 saturated carbocycles. The van der Waals surface area contributed by atoms with Gasteiger partial charge in [-0.1, -0.05) is 23.7 Å². The van der Waals surface area contributed by atoms with E-state index in [4.69, 9.17) is 11.6 Å². The highest BCUT2D eigenvalue weighted by Gasteiger charge is 2.03. The molecule has 0 aliphatic heterocycles. The molecule has 72 valence electrons. The topological polar surface area (TPSA) is 12.9 Å². The van der Waals surface area contributed by atoms with Gasteiger partial charge in [0.15, 0.2) is 0 Å². The molecule has 2 aromatic rings. The van der Waals surface area contributed by atoms with Crippen LogP contribution >= 0.6 is 22.9 Å². The molecule has 1 aromatic heterocycles. The van der Waals surface area contributed by atoms with Crippen LogP contribution in [0.25, 0.3) is 10.6 Å². The molecule has 1 aromatic carbocycles. The van der Waals surface area contributed by atoms with E-state index < -0.39 is 0 Å². The van der Waals surface area contributed by atoms with E-state index in [0.717, 1.165) is 26.9 Å². The van der Waals surface area contributed by atoms with Crippen molar-refractivity contribution < 1.29 is 0 Å². The molecule has 0 atom stereocenters. The van der Waals surface area contributed by atoms with E-state index in [-0.39, 0.29) is 0 Å². The Hall–Kier alpha value is -0.860. The third-order valence-electron chi connectivity index (χ3n) is 2.04. The molecule has 2 rings (SSSR count). The largest absolute Gasteiger partial charge is 0.241 e. The highest BCUT2D eigenvalue weighted by atomic mass is 35.5. The molecule has 3 heteroatoms. The van der Waals surface area contributed by atoms with E-state index in [0.29, 0.717) is 0 Å². The Morgan fingerprint density at radius 1 is 1.29 bits per heavy atom. The molecule has 1 heterocycles. The Bertz CT molecular complexity index is 462. The summed E-state index contributed by atoms with van der Waals surface area (Å²) in [4.78, 5) is 4.41. The highest BCUT2D eigenvalue weighted by Crippen LogP contribution is 2.27. The summed E-state index contributed by atoms with van der Waals surface area (Å²) in [5.41, 5.74) is 3.25. The lowest BCUT2D eigenvalue weighted by Gasteiger charge is -2.00. The zero-order valence-electron chi connectivity index (χ0n) is 8.04. The van der Waals surface area contributed by atoms with Crippen molar-refractivity contribution in [2.75, 3.05) is 0 Å². The van der Waals surface area contributed by atoms with Crippen molar-refractivity contribution in [2.45, 2.75) is 13.8 Å². The summed E-state index contributed by atoms with van der Waals surface area (Å²) in [5, 5.41) is 3.88. The fourth-order valence-corrected chi connectivity index (χ4v) is 2.19. The number of nitrogens with zero attached hydrogens (tertiary/aromatic N) is 1. The van der Waals surface area contributed by atoms with E-state index in [1.54, 1.807) is 11.3 Å². The summed E-state index contributed by atoms with van der Waals surface area (Å²) in [7, 11) is 0. The van der Waals surface area contributed by atoms with Crippen molar-refractivity contribution in [1.82, 2.24) is 4.98 Å². The molecule has 0 aliphatic rings. The van der Waals surface area contributed by atoms with Gasteiger partial charge in [0.25, 0.3) is 0 Å². The minimum Gasteiger partial charge on any atom is -0.241 e. The zero-order chi connectivity index (χ0) is 10.1. The molecule has 1 nitrogen and oxygen atoms in total. The second-order valence-corrected chi connectivity index (χ2v) is 4.52. The van der Waals surface area contributed by atoms with Crippen LogP contribution in [-0.4, -0.2) is 4.98 Å². The predicted octanol–water partition coefficient (Wildman–Crippen LogP) is 4.08. The van der Waals surface area contributed by atoms with Gasteiger partial charge in [-0.05, 0) is 25.5 Å². The van der Waals surface area contributed by atoms with Gasteiger partial charge in [-0.2, -0.15) is 0 Å². The molecule has 0 fully saturated rings. The van der Waals surface area contributed by atoms with Crippen molar-refractivity contribution in [2.24, 2.45) is 0 Å². The Labute approximate surface area is 92.4 Å². The SMILES string of the molecule is Cc1csc(-c2ccc(C)c(Cl)c2)n1. The molecule has 0 unspecified atom stereocenters. The van der Waals surface area contributed by atoms with Gasteiger partial charge in [0, 0.05) is 21.7 Å². The summed E-state index contributed by atoms with van der Waals surface area (Å²) < 4.78 is 0. The van der Waals surface area contributed by atoms with E-state index in [1.165, 1.54) is 0 Å². The maximum Gasteiger partial charge on any atom is 0.123 e. The maximum atomic E-state index is 6.05. The number of halogens is 1. The molecule has 0 amide bonds. The first-order valence-corrected chi connectivity index (χ1v) is 5.61. The van der Waals surface area contributed by atoms with Gasteiger partial charge < -0.3 is 0 Å². The number of hydrogen-bond donors (Lipinski definition) is 0. The molecule has 0 bridgehead atoms. The monoisotopic (exact) mass is 223 g/mol. The Balaban J connectivity index is 2.47. The highest BCUT2D eigenvalue weighted by molar-refractivity contribution is 7.13. The third-order valence-corrected chi connectivity index (χ3v) is 3.45. The van der Waals surface area contributed by atoms with Crippen LogP contribution in [0, 0.1) is 13.8 Å². The smallest absolute Gasteiger partial charge is 0.123 e. The van der Waals surface area contributed by atoms with Crippen molar-refractivity contribution in [3.05, 3.63) is 39.9 Å². The quantitative estimate of drug-likeness (QED) is 0.710. The fraction of sp³-hybridized carbons (Fsp3) is 0.182. The average molecular weight is 224 g/mol. The molecular weight excluding hydrogens is 214 g/mol. The number of aromatic nitrogens is 1. The minimum absolute atomic E-state index is 0.801. The second-order valence-electron chi connectivity index (χ2n) is 3.26. The Morgan fingerprint density at radius 2 is 2.07 bits per heavy atom. The van der Waals surface area contributed by atoms with Crippen LogP contribution in [0.2, 0.25) is 5.02 Å². The van der Waals surface area contributed by atoms with Gasteiger partial charge >= 0.3 is 0 Å². The summed E-state index contributed by atoms with van der Waals surface area (Å²) >= 11 is 7.69. The van der Waals surface area contributed by atoms with Gasteiger partial charge in [-0.15, -0.1) is 11.3 Å². The van der Waals surface area contributed by atoms with Gasteiger partial charge in [0.05, 0.1) is 0 Å². The predicted molar refractivity (Wildman–Crippen MR) is 62.0 cm³/mol. The third kappa shape index (κ3) is 1.81. The van der Waals surface area contributed by atoms with Gasteiger partial charge in [-0.25, -0.2) is 4.98 Å². The van der Waals surface area contributed by atoms with Gasteiger partial charge in [0.2, 0.25) is 0 Å². The van der Waals surface area contributed by atoms with E-state index in [1.807, 2.05) is 31.4 Å². The number of benzene rings is 1. The number of aryl methyl sites for hydroxylation is 2. The minimum atomic E-state index is 0.801. The lowest BCUT2D eigenvalue weighted by atomic mass is 10.1. The normalized spacial score (nSPS) is 10.5. The van der Waals surface area contributed by atoms with E-state index in [9.17, 15) is 0 Å². The Kier molecular flexibility index (Phi) is 2.57. The molecule has 0 radical (unpaired) electrons. The van der Waals surface area contributed by atoms with Gasteiger partial charge in [-0.3, -0.25) is 0 Å². The summed E-state index contributed by atoms with van der Waals surface area (Å²) in [6.45, 7) is 4.00. The van der Waals surface area contributed by atoms with Crippen molar-refractivity contribution in [1.29, 1.82) is 0 Å². The first-order valence-electron chi connectivity index (χ1n) is 4.35. The van der Waals surface area contributed by atoms with Crippen molar-refractivity contribution in [3.63, 3.8) is 0 Å². The molecule has 0 saturated heterocycles. The maximum absolute atomic E-state index is 6.05. The number of hydrogen-bond acceptors (Lipinski definition) is 2. The number of rotatable bonds is 1. The molecule has 0 aliphatic carbocycles. The summed E-state index contributed by atoms with van der Waals surface area (Å²) in [6, 6.07) is 6.04. The van der Waals surface area contributed by atoms with Crippen LogP contribution in [-0.2, 0) is 0 Å². The zero-order valence-corrected chi connectivity index (χ0v) is 9.62. The lowest BCUT2D eigenvalue weighted by molar-refractivity contribution is 1.27. The van der Waals surface area contributed by atoms with Crippen molar-refractivity contribution in [3.8, 4) is 10.6 Å². The first kappa shape index (κ1) is 9.69. The van der Waals surface area contributed by atoms with Crippen LogP contribution < -0.4 is 0 Å². The van der Waals surface area contributed by atoms with Gasteiger partial charge in [0.1, 0.15) is 5.01 Å². The van der Waals surface area contributed by atoms with Crippen LogP contribution in [0.1, 0.15) is 11.3 Å². The summed E-state index contributed by atoms with van der Waals surface area (Å²) in [5.74, 6) is 0. The Morgan fingerprint density at radius 3 is 2.64 bits per heavy atom. The fourth-order valence-electron chi connectivity index (χ4n) is 1.21. The second kappa shape index (κ2) is 3.71. The van der Waals surface area contributed by atoms with Crippen LogP contribution in [0.4, 0.5) is 0 Å². The average Bonchev–Trinajstić information content (AvgIpc) is 2.57. The van der Waals surface area contributed by atoms with Crippen LogP contribution in [0.3, 0.4) is 0 Å². The van der Waals surface area contributed by atoms with Crippen LogP contribution in [0.5, 0.6) is 0 Å². The molecular formula is C11H10ClNS. The summed E-state index contributed by atoms with van der Waals surface area (Å²) in [6.07, 6.45) is 0. The van der Waals surface area contributed by atoms with E-state index in [2.05, 4.69) is 11.1 Å². The molecule has 0 spiro atoms.